The highest BCUT2D eigenvalue weighted by molar-refractivity contribution is 5.01. The highest BCUT2D eigenvalue weighted by atomic mass is 16.5. The van der Waals surface area contributed by atoms with Gasteiger partial charge in [0.05, 0.1) is 12.2 Å². The molecule has 3 N–H and O–H groups in total. The highest BCUT2D eigenvalue weighted by Gasteiger charge is 2.50. The highest BCUT2D eigenvalue weighted by Crippen LogP contribution is 2.46. The zero-order valence-corrected chi connectivity index (χ0v) is 8.96. The molecule has 2 fully saturated rings. The molecule has 1 saturated heterocycles. The second-order valence-electron chi connectivity index (χ2n) is 5.21. The van der Waals surface area contributed by atoms with Crippen molar-refractivity contribution in [1.82, 2.24) is 0 Å². The Bertz CT molecular complexity index is 205. The molecule has 1 aliphatic carbocycles. The van der Waals surface area contributed by atoms with E-state index >= 15 is 0 Å². The molecule has 3 nitrogen and oxygen atoms in total. The first kappa shape index (κ1) is 10.4. The molecule has 3 heteroatoms. The molecule has 2 rings (SSSR count). The molecule has 2 atom stereocenters. The smallest absolute Gasteiger partial charge is 0.0713 e. The molecule has 1 heterocycles. The molecule has 0 aromatic carbocycles. The second kappa shape index (κ2) is 3.47. The van der Waals surface area contributed by atoms with Crippen LogP contribution in [0.3, 0.4) is 0 Å². The van der Waals surface area contributed by atoms with Gasteiger partial charge in [-0.25, -0.2) is 0 Å². The Morgan fingerprint density at radius 3 is 2.71 bits per heavy atom. The Hall–Kier alpha value is -0.120. The summed E-state index contributed by atoms with van der Waals surface area (Å²) in [4.78, 5) is 0. The first-order valence-electron chi connectivity index (χ1n) is 5.60. The van der Waals surface area contributed by atoms with Gasteiger partial charge < -0.3 is 15.6 Å². The third-order valence-corrected chi connectivity index (χ3v) is 4.02. The third-order valence-electron chi connectivity index (χ3n) is 4.02. The van der Waals surface area contributed by atoms with Crippen LogP contribution in [0.15, 0.2) is 0 Å². The van der Waals surface area contributed by atoms with E-state index in [0.717, 1.165) is 25.4 Å². The monoisotopic (exact) mass is 199 g/mol. The fourth-order valence-corrected chi connectivity index (χ4v) is 2.51. The quantitative estimate of drug-likeness (QED) is 0.707. The minimum absolute atomic E-state index is 0.185. The summed E-state index contributed by atoms with van der Waals surface area (Å²) in [6.07, 6.45) is 4.35. The number of ether oxygens (including phenoxy) is 1. The average molecular weight is 199 g/mol. The van der Waals surface area contributed by atoms with Gasteiger partial charge in [0.2, 0.25) is 0 Å². The van der Waals surface area contributed by atoms with E-state index in [4.69, 9.17) is 10.5 Å². The van der Waals surface area contributed by atoms with Gasteiger partial charge in [0.15, 0.2) is 0 Å². The van der Waals surface area contributed by atoms with Crippen LogP contribution in [0.5, 0.6) is 0 Å². The second-order valence-corrected chi connectivity index (χ2v) is 5.21. The van der Waals surface area contributed by atoms with Crippen LogP contribution in [-0.2, 0) is 4.74 Å². The van der Waals surface area contributed by atoms with Crippen molar-refractivity contribution in [2.45, 2.75) is 38.2 Å². The minimum atomic E-state index is -0.639. The largest absolute Gasteiger partial charge is 0.389 e. The normalized spacial score (nSPS) is 37.1. The summed E-state index contributed by atoms with van der Waals surface area (Å²) in [5, 5.41) is 10.5. The Labute approximate surface area is 85.6 Å². The molecule has 0 aromatic heterocycles. The maximum Gasteiger partial charge on any atom is 0.0713 e. The average Bonchev–Trinajstić information content (AvgIpc) is 2.81. The van der Waals surface area contributed by atoms with Gasteiger partial charge in [-0.15, -0.1) is 0 Å². The maximum atomic E-state index is 10.5. The first-order valence-corrected chi connectivity index (χ1v) is 5.60. The van der Waals surface area contributed by atoms with Crippen LogP contribution in [0.25, 0.3) is 0 Å². The third kappa shape index (κ3) is 1.69. The van der Waals surface area contributed by atoms with Crippen molar-refractivity contribution in [3.05, 3.63) is 0 Å². The van der Waals surface area contributed by atoms with E-state index in [9.17, 15) is 5.11 Å². The summed E-state index contributed by atoms with van der Waals surface area (Å²) in [5.41, 5.74) is 4.99. The van der Waals surface area contributed by atoms with E-state index in [1.807, 2.05) is 6.92 Å². The molecule has 1 aliphatic heterocycles. The Balaban J connectivity index is 2.07. The van der Waals surface area contributed by atoms with Crippen molar-refractivity contribution < 1.29 is 9.84 Å². The van der Waals surface area contributed by atoms with Crippen LogP contribution in [0.1, 0.15) is 32.6 Å². The zero-order valence-electron chi connectivity index (χ0n) is 8.96. The first-order chi connectivity index (χ1) is 6.60. The molecular formula is C11H21NO2. The minimum Gasteiger partial charge on any atom is -0.389 e. The summed E-state index contributed by atoms with van der Waals surface area (Å²) in [6, 6.07) is 0. The molecule has 14 heavy (non-hydrogen) atoms. The molecule has 0 radical (unpaired) electrons. The van der Waals surface area contributed by atoms with Crippen molar-refractivity contribution >= 4 is 0 Å². The van der Waals surface area contributed by atoms with Crippen LogP contribution in [0.2, 0.25) is 0 Å². The molecule has 0 aromatic rings. The van der Waals surface area contributed by atoms with Gasteiger partial charge in [-0.1, -0.05) is 12.8 Å². The zero-order chi connectivity index (χ0) is 10.2. The lowest BCUT2D eigenvalue weighted by atomic mass is 9.69. The van der Waals surface area contributed by atoms with Crippen molar-refractivity contribution in [1.29, 1.82) is 0 Å². The molecule has 0 amide bonds. The van der Waals surface area contributed by atoms with Crippen LogP contribution in [-0.4, -0.2) is 30.5 Å². The standard InChI is InChI=1S/C11H21NO2/c1-10(13,6-9-2-3-9)11(7-12)4-5-14-8-11/h9,13H,2-8,12H2,1H3. The summed E-state index contributed by atoms with van der Waals surface area (Å²) >= 11 is 0. The van der Waals surface area contributed by atoms with Crippen molar-refractivity contribution in [3.63, 3.8) is 0 Å². The molecular weight excluding hydrogens is 178 g/mol. The number of nitrogens with two attached hydrogens (primary N) is 1. The summed E-state index contributed by atoms with van der Waals surface area (Å²) in [6.45, 7) is 3.85. The van der Waals surface area contributed by atoms with E-state index in [-0.39, 0.29) is 5.41 Å². The number of rotatable bonds is 4. The van der Waals surface area contributed by atoms with Crippen molar-refractivity contribution in [2.75, 3.05) is 19.8 Å². The van der Waals surface area contributed by atoms with Crippen LogP contribution >= 0.6 is 0 Å². The van der Waals surface area contributed by atoms with E-state index in [1.165, 1.54) is 12.8 Å². The number of hydrogen-bond donors (Lipinski definition) is 2. The number of hydrogen-bond acceptors (Lipinski definition) is 3. The Kier molecular flexibility index (Phi) is 2.58. The van der Waals surface area contributed by atoms with Gasteiger partial charge in [-0.05, 0) is 25.7 Å². The van der Waals surface area contributed by atoms with Gasteiger partial charge in [0, 0.05) is 18.6 Å². The lowest BCUT2D eigenvalue weighted by molar-refractivity contribution is -0.0779. The lowest BCUT2D eigenvalue weighted by Crippen LogP contribution is -2.51. The topological polar surface area (TPSA) is 55.5 Å². The molecule has 82 valence electrons. The van der Waals surface area contributed by atoms with Crippen molar-refractivity contribution in [2.24, 2.45) is 17.1 Å². The van der Waals surface area contributed by atoms with Gasteiger partial charge in [-0.2, -0.15) is 0 Å². The van der Waals surface area contributed by atoms with E-state index < -0.39 is 5.60 Å². The van der Waals surface area contributed by atoms with Crippen molar-refractivity contribution in [3.8, 4) is 0 Å². The number of aliphatic hydroxyl groups is 1. The van der Waals surface area contributed by atoms with Gasteiger partial charge in [0.1, 0.15) is 0 Å². The predicted molar refractivity (Wildman–Crippen MR) is 54.9 cm³/mol. The van der Waals surface area contributed by atoms with Crippen LogP contribution in [0, 0.1) is 11.3 Å². The van der Waals surface area contributed by atoms with Gasteiger partial charge >= 0.3 is 0 Å². The maximum absolute atomic E-state index is 10.5. The van der Waals surface area contributed by atoms with Gasteiger partial charge in [-0.3, -0.25) is 0 Å². The fourth-order valence-electron chi connectivity index (χ4n) is 2.51. The van der Waals surface area contributed by atoms with E-state index in [0.29, 0.717) is 13.2 Å². The molecule has 2 unspecified atom stereocenters. The Morgan fingerprint density at radius 1 is 1.57 bits per heavy atom. The van der Waals surface area contributed by atoms with E-state index in [1.54, 1.807) is 0 Å². The summed E-state index contributed by atoms with van der Waals surface area (Å²) in [5.74, 6) is 0.731. The van der Waals surface area contributed by atoms with Gasteiger partial charge in [0.25, 0.3) is 0 Å². The SMILES string of the molecule is CC(O)(CC1CC1)C1(CN)CCOC1. The Morgan fingerprint density at radius 2 is 2.29 bits per heavy atom. The predicted octanol–water partition coefficient (Wildman–Crippen LogP) is 0.903. The molecule has 2 aliphatic rings. The summed E-state index contributed by atoms with van der Waals surface area (Å²) < 4.78 is 5.40. The summed E-state index contributed by atoms with van der Waals surface area (Å²) in [7, 11) is 0. The lowest BCUT2D eigenvalue weighted by Gasteiger charge is -2.41. The molecule has 0 spiro atoms. The van der Waals surface area contributed by atoms with Crippen LogP contribution in [0.4, 0.5) is 0 Å². The fraction of sp³-hybridized carbons (Fsp3) is 1.00. The van der Waals surface area contributed by atoms with E-state index in [2.05, 4.69) is 0 Å². The van der Waals surface area contributed by atoms with Crippen LogP contribution < -0.4 is 5.73 Å². The molecule has 1 saturated carbocycles. The molecule has 0 bridgehead atoms.